The molecule has 0 aromatic heterocycles. The maximum atomic E-state index is 5.89. The van der Waals surface area contributed by atoms with E-state index in [2.05, 4.69) is 36.5 Å². The zero-order valence-corrected chi connectivity index (χ0v) is 14.7. The van der Waals surface area contributed by atoms with Crippen molar-refractivity contribution in [2.24, 2.45) is 0 Å². The largest absolute Gasteiger partial charge is 0.502 e. The minimum atomic E-state index is -2.56. The maximum absolute atomic E-state index is 5.89. The van der Waals surface area contributed by atoms with Crippen LogP contribution in [0.25, 0.3) is 0 Å². The predicted molar refractivity (Wildman–Crippen MR) is 88.2 cm³/mol. The second kappa shape index (κ2) is 10.1. The fourth-order valence-electron chi connectivity index (χ4n) is 2.30. The lowest BCUT2D eigenvalue weighted by Gasteiger charge is -2.31. The first-order chi connectivity index (χ1) is 10.2. The molecular weight excluding hydrogens is 282 g/mol. The second-order valence-corrected chi connectivity index (χ2v) is 7.59. The first kappa shape index (κ1) is 18.3. The van der Waals surface area contributed by atoms with E-state index in [1.807, 2.05) is 26.8 Å². The Labute approximate surface area is 130 Å². The highest BCUT2D eigenvalue weighted by atomic mass is 28.4. The normalized spacial score (nSPS) is 13.3. The third-order valence-electron chi connectivity index (χ3n) is 3.15. The summed E-state index contributed by atoms with van der Waals surface area (Å²) in [5.41, 5.74) is 1.28. The monoisotopic (exact) mass is 311 g/mol. The van der Waals surface area contributed by atoms with Gasteiger partial charge in [-0.15, -0.1) is 0 Å². The molecule has 21 heavy (non-hydrogen) atoms. The number of hydrogen-bond donors (Lipinski definition) is 1. The fourth-order valence-corrected chi connectivity index (χ4v) is 5.11. The molecule has 0 saturated carbocycles. The van der Waals surface area contributed by atoms with E-state index in [9.17, 15) is 0 Å². The van der Waals surface area contributed by atoms with E-state index >= 15 is 0 Å². The van der Waals surface area contributed by atoms with E-state index in [0.29, 0.717) is 19.8 Å². The van der Waals surface area contributed by atoms with Gasteiger partial charge in [-0.1, -0.05) is 30.3 Å². The standard InChI is InChI=1S/C16H29NO3Si/c1-5-18-21(19-6-2,20-7-3)14-15(4)17-13-16-11-9-8-10-12-16/h8-12,15,17H,5-7,13-14H2,1-4H3. The lowest BCUT2D eigenvalue weighted by Crippen LogP contribution is -2.50. The molecule has 1 atom stereocenters. The summed E-state index contributed by atoms with van der Waals surface area (Å²) in [7, 11) is -2.56. The van der Waals surface area contributed by atoms with Gasteiger partial charge in [0.15, 0.2) is 0 Å². The number of benzene rings is 1. The molecule has 0 radical (unpaired) electrons. The van der Waals surface area contributed by atoms with E-state index in [-0.39, 0.29) is 6.04 Å². The van der Waals surface area contributed by atoms with Gasteiger partial charge in [-0.3, -0.25) is 0 Å². The fraction of sp³-hybridized carbons (Fsp3) is 0.625. The molecule has 0 aliphatic heterocycles. The molecular formula is C16H29NO3Si. The van der Waals surface area contributed by atoms with Gasteiger partial charge in [-0.25, -0.2) is 0 Å². The predicted octanol–water partition coefficient (Wildman–Crippen LogP) is 3.21. The lowest BCUT2D eigenvalue weighted by atomic mass is 10.2. The molecule has 5 heteroatoms. The molecule has 0 amide bonds. The van der Waals surface area contributed by atoms with E-state index in [1.54, 1.807) is 0 Å². The third kappa shape index (κ3) is 6.71. The summed E-state index contributed by atoms with van der Waals surface area (Å²) in [6.07, 6.45) is 0. The summed E-state index contributed by atoms with van der Waals surface area (Å²) < 4.78 is 17.7. The SMILES string of the molecule is CCO[Si](CC(C)NCc1ccccc1)(OCC)OCC. The van der Waals surface area contributed by atoms with Crippen LogP contribution in [0.4, 0.5) is 0 Å². The minimum Gasteiger partial charge on any atom is -0.374 e. The van der Waals surface area contributed by atoms with Crippen molar-refractivity contribution in [1.29, 1.82) is 0 Å². The summed E-state index contributed by atoms with van der Waals surface area (Å²) in [4.78, 5) is 0. The van der Waals surface area contributed by atoms with Crippen molar-refractivity contribution in [1.82, 2.24) is 5.32 Å². The molecule has 0 aliphatic carbocycles. The molecule has 1 N–H and O–H groups in total. The third-order valence-corrected chi connectivity index (χ3v) is 6.44. The molecule has 0 spiro atoms. The van der Waals surface area contributed by atoms with Gasteiger partial charge in [0.25, 0.3) is 0 Å². The Kier molecular flexibility index (Phi) is 8.80. The Bertz CT molecular complexity index is 358. The Balaban J connectivity index is 2.55. The van der Waals surface area contributed by atoms with Crippen molar-refractivity contribution in [3.8, 4) is 0 Å². The van der Waals surface area contributed by atoms with Crippen LogP contribution in [0.5, 0.6) is 0 Å². The Morgan fingerprint density at radius 2 is 1.48 bits per heavy atom. The molecule has 1 rings (SSSR count). The maximum Gasteiger partial charge on any atom is 0.502 e. The van der Waals surface area contributed by atoms with Crippen LogP contribution in [0.15, 0.2) is 30.3 Å². The van der Waals surface area contributed by atoms with Gasteiger partial charge in [-0.05, 0) is 33.3 Å². The van der Waals surface area contributed by atoms with Gasteiger partial charge in [-0.2, -0.15) is 0 Å². The molecule has 1 aromatic carbocycles. The van der Waals surface area contributed by atoms with Gasteiger partial charge in [0.05, 0.1) is 0 Å². The van der Waals surface area contributed by atoms with Crippen molar-refractivity contribution in [2.45, 2.75) is 46.3 Å². The summed E-state index contributed by atoms with van der Waals surface area (Å²) in [5.74, 6) is 0. The number of nitrogens with one attached hydrogen (secondary N) is 1. The zero-order valence-electron chi connectivity index (χ0n) is 13.7. The van der Waals surface area contributed by atoms with Crippen LogP contribution >= 0.6 is 0 Å². The highest BCUT2D eigenvalue weighted by molar-refractivity contribution is 6.60. The van der Waals surface area contributed by atoms with Gasteiger partial charge in [0, 0.05) is 38.5 Å². The summed E-state index contributed by atoms with van der Waals surface area (Å²) in [5, 5.41) is 3.52. The van der Waals surface area contributed by atoms with Crippen LogP contribution in [-0.2, 0) is 19.8 Å². The van der Waals surface area contributed by atoms with Gasteiger partial charge in [0.2, 0.25) is 0 Å². The van der Waals surface area contributed by atoms with Gasteiger partial charge in [0.1, 0.15) is 0 Å². The minimum absolute atomic E-state index is 0.279. The van der Waals surface area contributed by atoms with Crippen molar-refractivity contribution in [3.63, 3.8) is 0 Å². The lowest BCUT2D eigenvalue weighted by molar-refractivity contribution is 0.0690. The Hall–Kier alpha value is -0.723. The number of rotatable bonds is 11. The van der Waals surface area contributed by atoms with E-state index in [0.717, 1.165) is 12.6 Å². The topological polar surface area (TPSA) is 39.7 Å². The zero-order chi connectivity index (χ0) is 15.6. The average Bonchev–Trinajstić information content (AvgIpc) is 2.47. The summed E-state index contributed by atoms with van der Waals surface area (Å²) in [6.45, 7) is 10.8. The second-order valence-electron chi connectivity index (χ2n) is 4.95. The first-order valence-electron chi connectivity index (χ1n) is 7.85. The molecule has 1 aromatic rings. The van der Waals surface area contributed by atoms with Crippen molar-refractivity contribution >= 4 is 8.80 Å². The molecule has 0 saturated heterocycles. The highest BCUT2D eigenvalue weighted by Gasteiger charge is 2.41. The highest BCUT2D eigenvalue weighted by Crippen LogP contribution is 2.18. The molecule has 120 valence electrons. The summed E-state index contributed by atoms with van der Waals surface area (Å²) >= 11 is 0. The quantitative estimate of drug-likeness (QED) is 0.637. The van der Waals surface area contributed by atoms with E-state index < -0.39 is 8.80 Å². The van der Waals surface area contributed by atoms with Crippen LogP contribution < -0.4 is 5.32 Å². The van der Waals surface area contributed by atoms with Gasteiger partial charge < -0.3 is 18.6 Å². The molecule has 1 unspecified atom stereocenters. The van der Waals surface area contributed by atoms with Crippen molar-refractivity contribution in [3.05, 3.63) is 35.9 Å². The Morgan fingerprint density at radius 3 is 1.95 bits per heavy atom. The van der Waals surface area contributed by atoms with Crippen molar-refractivity contribution in [2.75, 3.05) is 19.8 Å². The molecule has 0 fully saturated rings. The molecule has 0 heterocycles. The van der Waals surface area contributed by atoms with E-state index in [1.165, 1.54) is 5.56 Å². The van der Waals surface area contributed by atoms with Gasteiger partial charge >= 0.3 is 8.80 Å². The van der Waals surface area contributed by atoms with Crippen LogP contribution in [0.3, 0.4) is 0 Å². The summed E-state index contributed by atoms with van der Waals surface area (Å²) in [6, 6.07) is 11.5. The molecule has 4 nitrogen and oxygen atoms in total. The average molecular weight is 311 g/mol. The first-order valence-corrected chi connectivity index (χ1v) is 9.78. The smallest absolute Gasteiger partial charge is 0.374 e. The van der Waals surface area contributed by atoms with Crippen LogP contribution in [0.1, 0.15) is 33.3 Å². The Morgan fingerprint density at radius 1 is 0.952 bits per heavy atom. The number of hydrogen-bond acceptors (Lipinski definition) is 4. The molecule has 0 bridgehead atoms. The van der Waals surface area contributed by atoms with E-state index in [4.69, 9.17) is 13.3 Å². The van der Waals surface area contributed by atoms with Crippen LogP contribution in [-0.4, -0.2) is 34.7 Å². The van der Waals surface area contributed by atoms with Crippen molar-refractivity contribution < 1.29 is 13.3 Å². The van der Waals surface area contributed by atoms with Crippen LogP contribution in [0.2, 0.25) is 6.04 Å². The van der Waals surface area contributed by atoms with Crippen LogP contribution in [0, 0.1) is 0 Å². The molecule has 0 aliphatic rings.